The predicted molar refractivity (Wildman–Crippen MR) is 62.1 cm³/mol. The van der Waals surface area contributed by atoms with Crippen molar-refractivity contribution in [3.63, 3.8) is 0 Å². The van der Waals surface area contributed by atoms with Crippen molar-refractivity contribution in [2.24, 2.45) is 11.8 Å². The van der Waals surface area contributed by atoms with Gasteiger partial charge in [-0.3, -0.25) is 0 Å². The minimum atomic E-state index is -2.41. The number of epoxide rings is 1. The van der Waals surface area contributed by atoms with Gasteiger partial charge in [-0.1, -0.05) is 6.92 Å². The molecule has 2 rings (SSSR count). The Morgan fingerprint density at radius 2 is 1.81 bits per heavy atom. The molecule has 1 saturated heterocycles. The lowest BCUT2D eigenvalue weighted by molar-refractivity contribution is 0.111. The molecule has 0 aromatic carbocycles. The molecule has 1 aliphatic carbocycles. The average Bonchev–Trinajstić information content (AvgIpc) is 2.97. The summed E-state index contributed by atoms with van der Waals surface area (Å²) >= 11 is 0. The van der Waals surface area contributed by atoms with E-state index in [0.29, 0.717) is 24.0 Å². The fourth-order valence-corrected chi connectivity index (χ4v) is 5.03. The molecule has 1 aliphatic heterocycles. The van der Waals surface area contributed by atoms with Gasteiger partial charge in [0.1, 0.15) is 0 Å². The van der Waals surface area contributed by atoms with E-state index in [1.165, 1.54) is 12.8 Å². The Kier molecular flexibility index (Phi) is 3.71. The van der Waals surface area contributed by atoms with Crippen LogP contribution >= 0.6 is 0 Å². The third-order valence-electron chi connectivity index (χ3n) is 4.06. The fraction of sp³-hybridized carbons (Fsp3) is 1.00. The van der Waals surface area contributed by atoms with E-state index < -0.39 is 8.80 Å². The molecule has 0 aromatic heterocycles. The Hall–Kier alpha value is 0.0569. The van der Waals surface area contributed by atoms with Crippen molar-refractivity contribution in [3.05, 3.63) is 0 Å². The van der Waals surface area contributed by atoms with Crippen molar-refractivity contribution >= 4 is 8.80 Å². The number of hydrogen-bond acceptors (Lipinski definition) is 4. The first kappa shape index (κ1) is 12.5. The first-order valence-electron chi connectivity index (χ1n) is 5.96. The molecule has 16 heavy (non-hydrogen) atoms. The zero-order valence-corrected chi connectivity index (χ0v) is 11.6. The average molecular weight is 246 g/mol. The van der Waals surface area contributed by atoms with Gasteiger partial charge in [-0.2, -0.15) is 0 Å². The summed E-state index contributed by atoms with van der Waals surface area (Å²) in [5.74, 6) is 1.21. The molecule has 1 heterocycles. The van der Waals surface area contributed by atoms with Gasteiger partial charge in [0.05, 0.1) is 12.2 Å². The van der Waals surface area contributed by atoms with Crippen LogP contribution in [0.4, 0.5) is 0 Å². The monoisotopic (exact) mass is 246 g/mol. The second kappa shape index (κ2) is 4.74. The lowest BCUT2D eigenvalue weighted by Gasteiger charge is -2.29. The molecule has 2 aliphatic rings. The highest BCUT2D eigenvalue weighted by molar-refractivity contribution is 6.60. The summed E-state index contributed by atoms with van der Waals surface area (Å²) in [7, 11) is 2.62. The van der Waals surface area contributed by atoms with Gasteiger partial charge in [0.15, 0.2) is 0 Å². The van der Waals surface area contributed by atoms with Crippen molar-refractivity contribution in [1.29, 1.82) is 0 Å². The number of ether oxygens (including phenoxy) is 1. The lowest BCUT2D eigenvalue weighted by Crippen LogP contribution is -2.45. The highest BCUT2D eigenvalue weighted by Gasteiger charge is 2.53. The zero-order valence-electron chi connectivity index (χ0n) is 10.6. The van der Waals surface area contributed by atoms with Gasteiger partial charge < -0.3 is 18.0 Å². The van der Waals surface area contributed by atoms with Gasteiger partial charge in [0, 0.05) is 27.4 Å². The van der Waals surface area contributed by atoms with Crippen molar-refractivity contribution in [2.75, 3.05) is 21.3 Å². The van der Waals surface area contributed by atoms with Crippen LogP contribution in [0.5, 0.6) is 0 Å². The molecule has 2 fully saturated rings. The van der Waals surface area contributed by atoms with Crippen LogP contribution in [0.2, 0.25) is 6.04 Å². The molecule has 0 spiro atoms. The van der Waals surface area contributed by atoms with Crippen molar-refractivity contribution in [2.45, 2.75) is 38.0 Å². The summed E-state index contributed by atoms with van der Waals surface area (Å²) < 4.78 is 22.0. The lowest BCUT2D eigenvalue weighted by atomic mass is 9.93. The van der Waals surface area contributed by atoms with E-state index in [0.717, 1.165) is 6.04 Å². The molecular weight excluding hydrogens is 224 g/mol. The summed E-state index contributed by atoms with van der Waals surface area (Å²) in [5, 5.41) is 0. The Morgan fingerprint density at radius 3 is 2.19 bits per heavy atom. The van der Waals surface area contributed by atoms with Crippen LogP contribution in [-0.2, 0) is 18.0 Å². The van der Waals surface area contributed by atoms with E-state index in [4.69, 9.17) is 18.0 Å². The molecule has 4 nitrogen and oxygen atoms in total. The Balaban J connectivity index is 1.91. The smallest absolute Gasteiger partial charge is 0.377 e. The van der Waals surface area contributed by atoms with Gasteiger partial charge >= 0.3 is 8.80 Å². The van der Waals surface area contributed by atoms with Gasteiger partial charge in [-0.15, -0.1) is 0 Å². The highest BCUT2D eigenvalue weighted by atomic mass is 28.4. The third kappa shape index (κ3) is 2.19. The van der Waals surface area contributed by atoms with Crippen LogP contribution in [0.25, 0.3) is 0 Å². The van der Waals surface area contributed by atoms with Gasteiger partial charge in [0.2, 0.25) is 0 Å². The number of hydrogen-bond donors (Lipinski definition) is 0. The highest BCUT2D eigenvalue weighted by Crippen LogP contribution is 2.47. The van der Waals surface area contributed by atoms with Crippen molar-refractivity contribution < 1.29 is 18.0 Å². The predicted octanol–water partition coefficient (Wildman–Crippen LogP) is 1.68. The van der Waals surface area contributed by atoms with E-state index in [2.05, 4.69) is 6.92 Å². The molecule has 0 bridgehead atoms. The first-order chi connectivity index (χ1) is 7.65. The number of rotatable bonds is 6. The number of fused-ring (bicyclic) bond motifs is 1. The van der Waals surface area contributed by atoms with E-state index in [-0.39, 0.29) is 0 Å². The maximum absolute atomic E-state index is 5.59. The van der Waals surface area contributed by atoms with Gasteiger partial charge in [-0.25, -0.2) is 0 Å². The van der Waals surface area contributed by atoms with Crippen LogP contribution in [0.1, 0.15) is 19.8 Å². The molecule has 94 valence electrons. The minimum absolute atomic E-state index is 0.507. The van der Waals surface area contributed by atoms with E-state index in [1.54, 1.807) is 21.3 Å². The molecular formula is C11H22O4Si. The summed E-state index contributed by atoms with van der Waals surface area (Å²) in [4.78, 5) is 0. The van der Waals surface area contributed by atoms with Gasteiger partial charge in [-0.05, 0) is 24.7 Å². The zero-order chi connectivity index (χ0) is 11.8. The summed E-state index contributed by atoms with van der Waals surface area (Å²) in [6.07, 6.45) is 3.56. The molecule has 0 aromatic rings. The summed E-state index contributed by atoms with van der Waals surface area (Å²) in [6, 6.07) is 0.883. The third-order valence-corrected chi connectivity index (χ3v) is 7.07. The van der Waals surface area contributed by atoms with Crippen molar-refractivity contribution in [3.8, 4) is 0 Å². The second-order valence-corrected chi connectivity index (χ2v) is 7.86. The molecule has 4 unspecified atom stereocenters. The van der Waals surface area contributed by atoms with Crippen LogP contribution in [0.3, 0.4) is 0 Å². The van der Waals surface area contributed by atoms with E-state index >= 15 is 0 Å². The summed E-state index contributed by atoms with van der Waals surface area (Å²) in [5.41, 5.74) is 0. The maximum Gasteiger partial charge on any atom is 0.500 e. The second-order valence-electron chi connectivity index (χ2n) is 4.86. The van der Waals surface area contributed by atoms with Gasteiger partial charge in [0.25, 0.3) is 0 Å². The molecule has 4 atom stereocenters. The topological polar surface area (TPSA) is 40.2 Å². The largest absolute Gasteiger partial charge is 0.500 e. The Bertz CT molecular complexity index is 236. The first-order valence-corrected chi connectivity index (χ1v) is 7.90. The van der Waals surface area contributed by atoms with E-state index in [9.17, 15) is 0 Å². The molecule has 1 saturated carbocycles. The normalized spacial score (nSPS) is 34.9. The molecule has 5 heteroatoms. The maximum atomic E-state index is 5.59. The summed E-state index contributed by atoms with van der Waals surface area (Å²) in [6.45, 7) is 2.26. The van der Waals surface area contributed by atoms with Crippen LogP contribution < -0.4 is 0 Å². The SMILES string of the molecule is CO[Si](CC(C)C1CCC2OC21)(OC)OC. The van der Waals surface area contributed by atoms with E-state index in [1.807, 2.05) is 0 Å². The van der Waals surface area contributed by atoms with Crippen molar-refractivity contribution in [1.82, 2.24) is 0 Å². The fourth-order valence-electron chi connectivity index (χ4n) is 2.94. The Morgan fingerprint density at radius 1 is 1.19 bits per heavy atom. The quantitative estimate of drug-likeness (QED) is 0.528. The molecule has 0 radical (unpaired) electrons. The van der Waals surface area contributed by atoms with Crippen LogP contribution in [0, 0.1) is 11.8 Å². The van der Waals surface area contributed by atoms with Crippen LogP contribution in [-0.4, -0.2) is 42.3 Å². The standard InChI is InChI=1S/C11H22O4Si/c1-8(7-16(12-2,13-3)14-4)9-5-6-10-11(9)15-10/h8-11H,5-7H2,1-4H3. The minimum Gasteiger partial charge on any atom is -0.377 e. The molecule has 0 N–H and O–H groups in total. The molecule has 0 amide bonds. The Labute approximate surface area is 98.6 Å². The van der Waals surface area contributed by atoms with Crippen LogP contribution in [0.15, 0.2) is 0 Å².